The van der Waals surface area contributed by atoms with Crippen molar-refractivity contribution >= 4 is 39.9 Å². The Morgan fingerprint density at radius 1 is 1.13 bits per heavy atom. The molecule has 2 heterocycles. The standard InChI is InChI=1S/C27H30N6O5S/c1-4-23(26(34)28-17-8-6-5-7-9-17)39-27-29-20-15-22(38-3)21(37-2)14-19(20)25-30-24(31-32(25)27)16-10-12-18(13-11-16)33(35)36/h10-15,17,23H,4-9H2,1-3H3,(H,28,34)/t23-/m0/s1. The summed E-state index contributed by atoms with van der Waals surface area (Å²) in [6.07, 6.45) is 6.12. The van der Waals surface area contributed by atoms with E-state index in [0.29, 0.717) is 51.0 Å². The zero-order chi connectivity index (χ0) is 27.5. The van der Waals surface area contributed by atoms with Gasteiger partial charge in [-0.1, -0.05) is 37.9 Å². The Bertz CT molecular complexity index is 1520. The van der Waals surface area contributed by atoms with Crippen LogP contribution in [0.5, 0.6) is 11.5 Å². The first-order valence-electron chi connectivity index (χ1n) is 13.0. The van der Waals surface area contributed by atoms with Gasteiger partial charge in [0.25, 0.3) is 5.69 Å². The third kappa shape index (κ3) is 5.47. The van der Waals surface area contributed by atoms with Gasteiger partial charge in [0.15, 0.2) is 28.1 Å². The van der Waals surface area contributed by atoms with E-state index >= 15 is 0 Å². The lowest BCUT2D eigenvalue weighted by molar-refractivity contribution is -0.384. The van der Waals surface area contributed by atoms with Crippen molar-refractivity contribution in [3.8, 4) is 22.9 Å². The van der Waals surface area contributed by atoms with Crippen LogP contribution >= 0.6 is 11.8 Å². The fourth-order valence-corrected chi connectivity index (χ4v) is 5.81. The Morgan fingerprint density at radius 3 is 2.46 bits per heavy atom. The van der Waals surface area contributed by atoms with E-state index in [0.717, 1.165) is 25.7 Å². The number of nitrogens with one attached hydrogen (secondary N) is 1. The molecule has 0 spiro atoms. The maximum absolute atomic E-state index is 13.2. The molecule has 0 unspecified atom stereocenters. The van der Waals surface area contributed by atoms with Crippen molar-refractivity contribution in [3.05, 3.63) is 46.5 Å². The van der Waals surface area contributed by atoms with Gasteiger partial charge in [-0.15, -0.1) is 5.10 Å². The van der Waals surface area contributed by atoms with Crippen LogP contribution < -0.4 is 14.8 Å². The third-order valence-corrected chi connectivity index (χ3v) is 8.25. The summed E-state index contributed by atoms with van der Waals surface area (Å²) >= 11 is 1.34. The molecule has 12 heteroatoms. The minimum Gasteiger partial charge on any atom is -0.493 e. The summed E-state index contributed by atoms with van der Waals surface area (Å²) in [5.74, 6) is 1.42. The number of fused-ring (bicyclic) bond motifs is 3. The number of benzene rings is 2. The molecule has 0 radical (unpaired) electrons. The molecule has 1 aliphatic carbocycles. The number of nitro benzene ring substituents is 1. The van der Waals surface area contributed by atoms with Crippen molar-refractivity contribution in [1.29, 1.82) is 0 Å². The molecule has 0 aliphatic heterocycles. The number of hydrogen-bond acceptors (Lipinski definition) is 9. The number of ether oxygens (including phenoxy) is 2. The first kappa shape index (κ1) is 26.7. The van der Waals surface area contributed by atoms with Crippen LogP contribution in [0.4, 0.5) is 5.69 Å². The Hall–Kier alpha value is -3.93. The highest BCUT2D eigenvalue weighted by molar-refractivity contribution is 8.00. The SMILES string of the molecule is CC[C@H](Sc1nc2cc(OC)c(OC)cc2c2nc(-c3ccc([N+](=O)[O-])cc3)nn12)C(=O)NC1CCCCC1. The molecule has 39 heavy (non-hydrogen) atoms. The molecule has 4 aromatic rings. The number of aromatic nitrogens is 4. The highest BCUT2D eigenvalue weighted by atomic mass is 32.2. The number of carbonyl (C=O) groups excluding carboxylic acids is 1. The van der Waals surface area contributed by atoms with Crippen molar-refractivity contribution in [3.63, 3.8) is 0 Å². The molecule has 0 bridgehead atoms. The number of hydrogen-bond donors (Lipinski definition) is 1. The van der Waals surface area contributed by atoms with Crippen LogP contribution in [-0.4, -0.2) is 55.9 Å². The summed E-state index contributed by atoms with van der Waals surface area (Å²) in [5.41, 5.74) is 1.75. The molecule has 2 aromatic carbocycles. The highest BCUT2D eigenvalue weighted by Gasteiger charge is 2.26. The molecule has 1 atom stereocenters. The molecule has 1 N–H and O–H groups in total. The van der Waals surface area contributed by atoms with Gasteiger partial charge < -0.3 is 14.8 Å². The van der Waals surface area contributed by atoms with Crippen molar-refractivity contribution in [2.45, 2.75) is 61.9 Å². The van der Waals surface area contributed by atoms with Gasteiger partial charge in [0, 0.05) is 35.2 Å². The summed E-state index contributed by atoms with van der Waals surface area (Å²) in [5, 5.41) is 19.9. The molecule has 0 saturated heterocycles. The molecular formula is C27H30N6O5S. The number of thioether (sulfide) groups is 1. The van der Waals surface area contributed by atoms with E-state index in [2.05, 4.69) is 5.32 Å². The zero-order valence-electron chi connectivity index (χ0n) is 22.0. The summed E-state index contributed by atoms with van der Waals surface area (Å²) in [6, 6.07) is 9.86. The van der Waals surface area contributed by atoms with Crippen LogP contribution in [0.1, 0.15) is 45.4 Å². The van der Waals surface area contributed by atoms with E-state index in [9.17, 15) is 14.9 Å². The molecular weight excluding hydrogens is 520 g/mol. The smallest absolute Gasteiger partial charge is 0.269 e. The quantitative estimate of drug-likeness (QED) is 0.129. The monoisotopic (exact) mass is 550 g/mol. The lowest BCUT2D eigenvalue weighted by Gasteiger charge is -2.25. The maximum atomic E-state index is 13.2. The molecule has 1 amide bonds. The normalized spacial score (nSPS) is 14.8. The molecule has 11 nitrogen and oxygen atoms in total. The summed E-state index contributed by atoms with van der Waals surface area (Å²) in [6.45, 7) is 1.98. The van der Waals surface area contributed by atoms with E-state index in [4.69, 9.17) is 24.5 Å². The van der Waals surface area contributed by atoms with Gasteiger partial charge in [0.2, 0.25) is 5.91 Å². The molecule has 1 fully saturated rings. The molecule has 1 aliphatic rings. The van der Waals surface area contributed by atoms with E-state index in [1.165, 1.54) is 30.3 Å². The molecule has 5 rings (SSSR count). The summed E-state index contributed by atoms with van der Waals surface area (Å²) in [7, 11) is 3.12. The number of nitro groups is 1. The van der Waals surface area contributed by atoms with Crippen LogP contribution in [-0.2, 0) is 4.79 Å². The van der Waals surface area contributed by atoms with Gasteiger partial charge in [-0.2, -0.15) is 4.52 Å². The second-order valence-electron chi connectivity index (χ2n) is 9.45. The number of nitrogens with zero attached hydrogens (tertiary/aromatic N) is 5. The predicted octanol–water partition coefficient (Wildman–Crippen LogP) is 5.19. The van der Waals surface area contributed by atoms with Gasteiger partial charge >= 0.3 is 0 Å². The van der Waals surface area contributed by atoms with Crippen molar-refractivity contribution in [2.24, 2.45) is 0 Å². The van der Waals surface area contributed by atoms with Crippen LogP contribution in [0.25, 0.3) is 27.9 Å². The van der Waals surface area contributed by atoms with E-state index in [1.807, 2.05) is 6.92 Å². The fraction of sp³-hybridized carbons (Fsp3) is 0.407. The molecule has 204 valence electrons. The first-order chi connectivity index (χ1) is 18.9. The highest BCUT2D eigenvalue weighted by Crippen LogP contribution is 2.36. The second-order valence-corrected chi connectivity index (χ2v) is 10.6. The van der Waals surface area contributed by atoms with Crippen LogP contribution in [0.15, 0.2) is 41.6 Å². The minimum atomic E-state index is -0.448. The van der Waals surface area contributed by atoms with Crippen LogP contribution in [0, 0.1) is 10.1 Å². The molecule has 1 saturated carbocycles. The van der Waals surface area contributed by atoms with Crippen molar-refractivity contribution < 1.29 is 19.2 Å². The lowest BCUT2D eigenvalue weighted by atomic mass is 9.95. The van der Waals surface area contributed by atoms with Crippen molar-refractivity contribution in [1.82, 2.24) is 24.9 Å². The lowest BCUT2D eigenvalue weighted by Crippen LogP contribution is -2.41. The minimum absolute atomic E-state index is 0.00698. The van der Waals surface area contributed by atoms with Crippen LogP contribution in [0.3, 0.4) is 0 Å². The van der Waals surface area contributed by atoms with E-state index in [-0.39, 0.29) is 22.9 Å². The first-order valence-corrected chi connectivity index (χ1v) is 13.8. The Morgan fingerprint density at radius 2 is 1.82 bits per heavy atom. The number of methoxy groups -OCH3 is 2. The average Bonchev–Trinajstić information content (AvgIpc) is 3.41. The summed E-state index contributed by atoms with van der Waals surface area (Å²) < 4.78 is 12.6. The van der Waals surface area contributed by atoms with Crippen molar-refractivity contribution in [2.75, 3.05) is 14.2 Å². The van der Waals surface area contributed by atoms with E-state index < -0.39 is 4.92 Å². The number of rotatable bonds is 9. The fourth-order valence-electron chi connectivity index (χ4n) is 4.83. The predicted molar refractivity (Wildman–Crippen MR) is 148 cm³/mol. The summed E-state index contributed by atoms with van der Waals surface area (Å²) in [4.78, 5) is 33.6. The molecule has 2 aromatic heterocycles. The maximum Gasteiger partial charge on any atom is 0.269 e. The second kappa shape index (κ2) is 11.4. The largest absolute Gasteiger partial charge is 0.493 e. The topological polar surface area (TPSA) is 134 Å². The third-order valence-electron chi connectivity index (χ3n) is 6.95. The van der Waals surface area contributed by atoms with Gasteiger partial charge in [-0.25, -0.2) is 9.97 Å². The van der Waals surface area contributed by atoms with Gasteiger partial charge in [-0.3, -0.25) is 14.9 Å². The number of amides is 1. The Kier molecular flexibility index (Phi) is 7.82. The van der Waals surface area contributed by atoms with Gasteiger partial charge in [0.05, 0.1) is 29.9 Å². The Balaban J connectivity index is 1.59. The average molecular weight is 551 g/mol. The zero-order valence-corrected chi connectivity index (χ0v) is 22.9. The number of non-ortho nitro benzene ring substituents is 1. The number of carbonyl (C=O) groups is 1. The van der Waals surface area contributed by atoms with Gasteiger partial charge in [-0.05, 0) is 37.5 Å². The Labute approximate surface area is 229 Å². The van der Waals surface area contributed by atoms with E-state index in [1.54, 1.807) is 43.0 Å². The van der Waals surface area contributed by atoms with Gasteiger partial charge in [0.1, 0.15) is 0 Å². The van der Waals surface area contributed by atoms with Crippen LogP contribution in [0.2, 0.25) is 0 Å².